The summed E-state index contributed by atoms with van der Waals surface area (Å²) < 4.78 is 5.56. The predicted molar refractivity (Wildman–Crippen MR) is 95.3 cm³/mol. The molecule has 2 amide bonds. The van der Waals surface area contributed by atoms with Gasteiger partial charge in [-0.3, -0.25) is 9.59 Å². The number of anilines is 2. The lowest BCUT2D eigenvalue weighted by molar-refractivity contribution is -0.118. The van der Waals surface area contributed by atoms with Crippen LogP contribution in [-0.2, 0) is 9.59 Å². The Morgan fingerprint density at radius 3 is 2.36 bits per heavy atom. The number of benzene rings is 2. The normalized spacial score (nSPS) is 9.80. The standard InChI is InChI=1S/C19H19N3O3/c1-13-5-3-8-17(14(13)2)25-12-19(24)22-16-7-4-6-15(11-16)21-18(23)9-10-20/h3-8,11H,9,12H2,1-2H3,(H,21,23)(H,22,24). The van der Waals surface area contributed by atoms with Crippen LogP contribution < -0.4 is 15.4 Å². The Kier molecular flexibility index (Phi) is 6.13. The smallest absolute Gasteiger partial charge is 0.262 e. The summed E-state index contributed by atoms with van der Waals surface area (Å²) in [6, 6.07) is 14.2. The molecule has 0 spiro atoms. The lowest BCUT2D eigenvalue weighted by Gasteiger charge is -2.11. The third-order valence-corrected chi connectivity index (χ3v) is 3.58. The summed E-state index contributed by atoms with van der Waals surface area (Å²) in [5.41, 5.74) is 3.13. The predicted octanol–water partition coefficient (Wildman–Crippen LogP) is 3.17. The van der Waals surface area contributed by atoms with Crippen LogP contribution in [0.5, 0.6) is 5.75 Å². The second kappa shape index (κ2) is 8.50. The lowest BCUT2D eigenvalue weighted by Crippen LogP contribution is -2.20. The number of aryl methyl sites for hydroxylation is 1. The van der Waals surface area contributed by atoms with Crippen molar-refractivity contribution in [1.82, 2.24) is 0 Å². The summed E-state index contributed by atoms with van der Waals surface area (Å²) in [6.45, 7) is 3.81. The summed E-state index contributed by atoms with van der Waals surface area (Å²) in [5.74, 6) is -0.0293. The van der Waals surface area contributed by atoms with Crippen LogP contribution in [0.4, 0.5) is 11.4 Å². The number of hydrogen-bond donors (Lipinski definition) is 2. The van der Waals surface area contributed by atoms with Gasteiger partial charge in [0.15, 0.2) is 6.61 Å². The first-order valence-corrected chi connectivity index (χ1v) is 7.75. The van der Waals surface area contributed by atoms with Crippen LogP contribution in [0.15, 0.2) is 42.5 Å². The number of nitrogens with one attached hydrogen (secondary N) is 2. The van der Waals surface area contributed by atoms with E-state index in [4.69, 9.17) is 10.00 Å². The molecule has 0 bridgehead atoms. The highest BCUT2D eigenvalue weighted by Crippen LogP contribution is 2.20. The van der Waals surface area contributed by atoms with Crippen molar-refractivity contribution in [2.24, 2.45) is 0 Å². The highest BCUT2D eigenvalue weighted by atomic mass is 16.5. The van der Waals surface area contributed by atoms with Gasteiger partial charge in [0, 0.05) is 11.4 Å². The van der Waals surface area contributed by atoms with E-state index in [1.54, 1.807) is 30.3 Å². The zero-order valence-corrected chi connectivity index (χ0v) is 14.1. The number of hydrogen-bond acceptors (Lipinski definition) is 4. The van der Waals surface area contributed by atoms with Crippen LogP contribution in [0, 0.1) is 25.2 Å². The topological polar surface area (TPSA) is 91.2 Å². The van der Waals surface area contributed by atoms with Crippen LogP contribution in [-0.4, -0.2) is 18.4 Å². The first kappa shape index (κ1) is 18.0. The van der Waals surface area contributed by atoms with Gasteiger partial charge in [-0.05, 0) is 49.2 Å². The summed E-state index contributed by atoms with van der Waals surface area (Å²) in [5, 5.41) is 13.8. The summed E-state index contributed by atoms with van der Waals surface area (Å²) in [4.78, 5) is 23.5. The molecule has 2 rings (SSSR count). The SMILES string of the molecule is Cc1cccc(OCC(=O)Nc2cccc(NC(=O)CC#N)c2)c1C. The van der Waals surface area contributed by atoms with Gasteiger partial charge in [0.1, 0.15) is 12.2 Å². The van der Waals surface area contributed by atoms with Gasteiger partial charge in [0.05, 0.1) is 6.07 Å². The molecule has 0 aliphatic rings. The highest BCUT2D eigenvalue weighted by Gasteiger charge is 2.08. The maximum absolute atomic E-state index is 12.1. The third kappa shape index (κ3) is 5.36. The Labute approximate surface area is 146 Å². The lowest BCUT2D eigenvalue weighted by atomic mass is 10.1. The van der Waals surface area contributed by atoms with Crippen molar-refractivity contribution in [3.8, 4) is 11.8 Å². The van der Waals surface area contributed by atoms with Crippen molar-refractivity contribution in [3.05, 3.63) is 53.6 Å². The molecule has 0 saturated carbocycles. The Morgan fingerprint density at radius 1 is 1.04 bits per heavy atom. The largest absolute Gasteiger partial charge is 0.483 e. The molecular weight excluding hydrogens is 318 g/mol. The fourth-order valence-electron chi connectivity index (χ4n) is 2.17. The molecule has 2 aromatic carbocycles. The Morgan fingerprint density at radius 2 is 1.68 bits per heavy atom. The Balaban J connectivity index is 1.93. The average molecular weight is 337 g/mol. The van der Waals surface area contributed by atoms with Gasteiger partial charge in [-0.25, -0.2) is 0 Å². The molecule has 0 radical (unpaired) electrons. The molecule has 2 aromatic rings. The van der Waals surface area contributed by atoms with Crippen molar-refractivity contribution < 1.29 is 14.3 Å². The van der Waals surface area contributed by atoms with Gasteiger partial charge in [0.2, 0.25) is 5.91 Å². The highest BCUT2D eigenvalue weighted by molar-refractivity contribution is 5.95. The van der Waals surface area contributed by atoms with Crippen molar-refractivity contribution in [1.29, 1.82) is 5.26 Å². The first-order chi connectivity index (χ1) is 12.0. The van der Waals surface area contributed by atoms with Gasteiger partial charge in [0.25, 0.3) is 5.91 Å². The van der Waals surface area contributed by atoms with Crippen LogP contribution in [0.2, 0.25) is 0 Å². The molecule has 0 aliphatic heterocycles. The van der Waals surface area contributed by atoms with Gasteiger partial charge in [-0.1, -0.05) is 18.2 Å². The molecule has 2 N–H and O–H groups in total. The summed E-state index contributed by atoms with van der Waals surface area (Å²) in [7, 11) is 0. The van der Waals surface area contributed by atoms with E-state index in [-0.39, 0.29) is 18.9 Å². The number of rotatable bonds is 6. The second-order valence-electron chi connectivity index (χ2n) is 5.50. The Bertz CT molecular complexity index is 825. The second-order valence-corrected chi connectivity index (χ2v) is 5.50. The molecule has 0 fully saturated rings. The van der Waals surface area contributed by atoms with Gasteiger partial charge in [-0.2, -0.15) is 5.26 Å². The molecule has 0 aliphatic carbocycles. The van der Waals surface area contributed by atoms with Crippen molar-refractivity contribution in [2.75, 3.05) is 17.2 Å². The van der Waals surface area contributed by atoms with Crippen molar-refractivity contribution in [2.45, 2.75) is 20.3 Å². The fourth-order valence-corrected chi connectivity index (χ4v) is 2.17. The minimum Gasteiger partial charge on any atom is -0.483 e. The van der Waals surface area contributed by atoms with E-state index in [9.17, 15) is 9.59 Å². The molecule has 6 heteroatoms. The number of amides is 2. The van der Waals surface area contributed by atoms with Gasteiger partial charge < -0.3 is 15.4 Å². The third-order valence-electron chi connectivity index (χ3n) is 3.58. The molecule has 0 unspecified atom stereocenters. The summed E-state index contributed by atoms with van der Waals surface area (Å²) >= 11 is 0. The van der Waals surface area contributed by atoms with E-state index in [0.717, 1.165) is 11.1 Å². The number of nitriles is 1. The minimum absolute atomic E-state index is 0.116. The fraction of sp³-hybridized carbons (Fsp3) is 0.211. The van der Waals surface area contributed by atoms with E-state index in [1.165, 1.54) is 0 Å². The molecular formula is C19H19N3O3. The van der Waals surface area contributed by atoms with Crippen LogP contribution in [0.25, 0.3) is 0 Å². The van der Waals surface area contributed by atoms with Crippen LogP contribution in [0.3, 0.4) is 0 Å². The summed E-state index contributed by atoms with van der Waals surface area (Å²) in [6.07, 6.45) is -0.222. The van der Waals surface area contributed by atoms with Gasteiger partial charge in [-0.15, -0.1) is 0 Å². The Hall–Kier alpha value is -3.33. The number of ether oxygens (including phenoxy) is 1. The zero-order valence-electron chi connectivity index (χ0n) is 14.1. The van der Waals surface area contributed by atoms with E-state index in [2.05, 4.69) is 10.6 Å². The minimum atomic E-state index is -0.399. The average Bonchev–Trinajstić information content (AvgIpc) is 2.56. The van der Waals surface area contributed by atoms with Crippen LogP contribution >= 0.6 is 0 Å². The van der Waals surface area contributed by atoms with Gasteiger partial charge >= 0.3 is 0 Å². The molecule has 0 aromatic heterocycles. The molecule has 128 valence electrons. The molecule has 6 nitrogen and oxygen atoms in total. The number of carbonyl (C=O) groups is 2. The maximum Gasteiger partial charge on any atom is 0.262 e. The van der Waals surface area contributed by atoms with E-state index in [0.29, 0.717) is 17.1 Å². The molecule has 25 heavy (non-hydrogen) atoms. The van der Waals surface area contributed by atoms with E-state index in [1.807, 2.05) is 32.0 Å². The van der Waals surface area contributed by atoms with Crippen LogP contribution in [0.1, 0.15) is 17.5 Å². The van der Waals surface area contributed by atoms with E-state index < -0.39 is 5.91 Å². The number of carbonyl (C=O) groups excluding carboxylic acids is 2. The van der Waals surface area contributed by atoms with Crippen molar-refractivity contribution >= 4 is 23.2 Å². The monoisotopic (exact) mass is 337 g/mol. The molecule has 0 heterocycles. The first-order valence-electron chi connectivity index (χ1n) is 7.75. The van der Waals surface area contributed by atoms with Crippen molar-refractivity contribution in [3.63, 3.8) is 0 Å². The molecule has 0 atom stereocenters. The molecule has 0 saturated heterocycles. The van der Waals surface area contributed by atoms with E-state index >= 15 is 0 Å². The zero-order chi connectivity index (χ0) is 18.2. The number of nitrogens with zero attached hydrogens (tertiary/aromatic N) is 1. The quantitative estimate of drug-likeness (QED) is 0.847. The maximum atomic E-state index is 12.1.